The van der Waals surface area contributed by atoms with Crippen molar-refractivity contribution in [2.75, 3.05) is 24.3 Å². The molecule has 0 spiro atoms. The Hall–Kier alpha value is -1.85. The number of rotatable bonds is 4. The van der Waals surface area contributed by atoms with Gasteiger partial charge in [-0.25, -0.2) is 4.98 Å². The number of carboxylic acid groups (broad SMARTS) is 1. The molecule has 0 unspecified atom stereocenters. The smallest absolute Gasteiger partial charge is 0.306 e. The summed E-state index contributed by atoms with van der Waals surface area (Å²) in [6.45, 7) is 1.95. The Labute approximate surface area is 119 Å². The van der Waals surface area contributed by atoms with Gasteiger partial charge in [-0.1, -0.05) is 0 Å². The number of carboxylic acids is 1. The minimum absolute atomic E-state index is 0.191. The van der Waals surface area contributed by atoms with E-state index in [9.17, 15) is 4.79 Å². The molecule has 0 saturated heterocycles. The third-order valence-electron chi connectivity index (χ3n) is 3.71. The maximum absolute atomic E-state index is 10.9. The first-order chi connectivity index (χ1) is 9.45. The highest BCUT2D eigenvalue weighted by atomic mass is 16.4. The molecule has 0 bridgehead atoms. The summed E-state index contributed by atoms with van der Waals surface area (Å²) in [4.78, 5) is 21.7. The zero-order valence-corrected chi connectivity index (χ0v) is 12.3. The van der Waals surface area contributed by atoms with Crippen LogP contribution in [-0.2, 0) is 4.79 Å². The molecule has 0 aliphatic heterocycles. The molecule has 6 heteroatoms. The van der Waals surface area contributed by atoms with Gasteiger partial charge >= 0.3 is 5.97 Å². The first-order valence-corrected chi connectivity index (χ1v) is 6.98. The molecule has 1 aromatic rings. The van der Waals surface area contributed by atoms with E-state index in [0.29, 0.717) is 5.95 Å². The van der Waals surface area contributed by atoms with E-state index in [1.807, 2.05) is 32.0 Å². The zero-order chi connectivity index (χ0) is 14.7. The highest BCUT2D eigenvalue weighted by Crippen LogP contribution is 2.26. The molecule has 2 rings (SSSR count). The Bertz CT molecular complexity index is 482. The van der Waals surface area contributed by atoms with Crippen LogP contribution in [0.15, 0.2) is 6.07 Å². The minimum atomic E-state index is -0.676. The van der Waals surface area contributed by atoms with Gasteiger partial charge in [-0.05, 0) is 32.6 Å². The van der Waals surface area contributed by atoms with Gasteiger partial charge in [0.1, 0.15) is 5.82 Å². The molecule has 1 aliphatic rings. The topological polar surface area (TPSA) is 78.4 Å². The normalized spacial score (nSPS) is 22.4. The van der Waals surface area contributed by atoms with Crippen LogP contribution in [0.3, 0.4) is 0 Å². The van der Waals surface area contributed by atoms with Gasteiger partial charge in [0.05, 0.1) is 5.92 Å². The van der Waals surface area contributed by atoms with Crippen molar-refractivity contribution in [3.63, 3.8) is 0 Å². The van der Waals surface area contributed by atoms with Gasteiger partial charge in [0.25, 0.3) is 0 Å². The summed E-state index contributed by atoms with van der Waals surface area (Å²) in [6.07, 6.45) is 3.15. The third kappa shape index (κ3) is 3.59. The summed E-state index contributed by atoms with van der Waals surface area (Å²) in [7, 11) is 3.90. The number of aliphatic carboxylic acids is 1. The van der Waals surface area contributed by atoms with Crippen LogP contribution in [0.25, 0.3) is 0 Å². The molecule has 1 heterocycles. The maximum atomic E-state index is 10.9. The Balaban J connectivity index is 1.99. The van der Waals surface area contributed by atoms with Gasteiger partial charge in [0, 0.05) is 31.9 Å². The average molecular weight is 278 g/mol. The SMILES string of the molecule is Cc1cc(N(C)C)nc(NC2CCC(C(=O)O)CC2)n1. The number of hydrogen-bond donors (Lipinski definition) is 2. The molecule has 0 radical (unpaired) electrons. The second kappa shape index (κ2) is 6.07. The van der Waals surface area contributed by atoms with Crippen LogP contribution < -0.4 is 10.2 Å². The van der Waals surface area contributed by atoms with Gasteiger partial charge in [0.2, 0.25) is 5.95 Å². The van der Waals surface area contributed by atoms with Gasteiger partial charge < -0.3 is 15.3 Å². The summed E-state index contributed by atoms with van der Waals surface area (Å²) >= 11 is 0. The highest BCUT2D eigenvalue weighted by molar-refractivity contribution is 5.70. The lowest BCUT2D eigenvalue weighted by Crippen LogP contribution is -2.30. The van der Waals surface area contributed by atoms with Crippen LogP contribution in [0.4, 0.5) is 11.8 Å². The van der Waals surface area contributed by atoms with E-state index in [1.165, 1.54) is 0 Å². The highest BCUT2D eigenvalue weighted by Gasteiger charge is 2.26. The molecule has 1 fully saturated rings. The molecular formula is C14H22N4O2. The summed E-state index contributed by atoms with van der Waals surface area (Å²) in [6, 6.07) is 2.20. The molecule has 0 aromatic carbocycles. The number of nitrogens with one attached hydrogen (secondary N) is 1. The van der Waals surface area contributed by atoms with Crippen molar-refractivity contribution >= 4 is 17.7 Å². The van der Waals surface area contributed by atoms with Gasteiger partial charge in [-0.2, -0.15) is 4.98 Å². The van der Waals surface area contributed by atoms with E-state index < -0.39 is 5.97 Å². The van der Waals surface area contributed by atoms with Crippen LogP contribution in [0, 0.1) is 12.8 Å². The Morgan fingerprint density at radius 3 is 2.50 bits per heavy atom. The summed E-state index contributed by atoms with van der Waals surface area (Å²) in [5.41, 5.74) is 0.922. The Morgan fingerprint density at radius 2 is 1.95 bits per heavy atom. The zero-order valence-electron chi connectivity index (χ0n) is 12.3. The van der Waals surface area contributed by atoms with Gasteiger partial charge in [0.15, 0.2) is 0 Å². The van der Waals surface area contributed by atoms with E-state index in [2.05, 4.69) is 15.3 Å². The standard InChI is InChI=1S/C14H22N4O2/c1-9-8-12(18(2)3)17-14(15-9)16-11-6-4-10(5-7-11)13(19)20/h8,10-11H,4-7H2,1-3H3,(H,19,20)(H,15,16,17). The van der Waals surface area contributed by atoms with Crippen molar-refractivity contribution in [3.05, 3.63) is 11.8 Å². The molecular weight excluding hydrogens is 256 g/mol. The minimum Gasteiger partial charge on any atom is -0.481 e. The van der Waals surface area contributed by atoms with Crippen LogP contribution >= 0.6 is 0 Å². The first kappa shape index (κ1) is 14.6. The van der Waals surface area contributed by atoms with Gasteiger partial charge in [-0.15, -0.1) is 0 Å². The van der Waals surface area contributed by atoms with Crippen LogP contribution in [0.1, 0.15) is 31.4 Å². The van der Waals surface area contributed by atoms with Crippen LogP contribution in [0.5, 0.6) is 0 Å². The largest absolute Gasteiger partial charge is 0.481 e. The second-order valence-corrected chi connectivity index (χ2v) is 5.62. The lowest BCUT2D eigenvalue weighted by atomic mass is 9.86. The predicted octanol–water partition coefficient (Wildman–Crippen LogP) is 1.91. The lowest BCUT2D eigenvalue weighted by molar-refractivity contribution is -0.142. The number of hydrogen-bond acceptors (Lipinski definition) is 5. The summed E-state index contributed by atoms with van der Waals surface area (Å²) in [5, 5.41) is 12.3. The van der Waals surface area contributed by atoms with E-state index in [-0.39, 0.29) is 12.0 Å². The Morgan fingerprint density at radius 1 is 1.30 bits per heavy atom. The molecule has 1 aromatic heterocycles. The number of anilines is 2. The lowest BCUT2D eigenvalue weighted by Gasteiger charge is -2.27. The fraction of sp³-hybridized carbons (Fsp3) is 0.643. The van der Waals surface area contributed by atoms with Crippen molar-refractivity contribution in [1.29, 1.82) is 0 Å². The van der Waals surface area contributed by atoms with Crippen molar-refractivity contribution in [2.24, 2.45) is 5.92 Å². The fourth-order valence-corrected chi connectivity index (χ4v) is 2.51. The molecule has 110 valence electrons. The quantitative estimate of drug-likeness (QED) is 0.876. The average Bonchev–Trinajstić information content (AvgIpc) is 2.38. The Kier molecular flexibility index (Phi) is 4.42. The molecule has 0 atom stereocenters. The molecule has 0 amide bonds. The van der Waals surface area contributed by atoms with E-state index in [1.54, 1.807) is 0 Å². The third-order valence-corrected chi connectivity index (χ3v) is 3.71. The van der Waals surface area contributed by atoms with Crippen molar-refractivity contribution in [1.82, 2.24) is 9.97 Å². The van der Waals surface area contributed by atoms with Crippen LogP contribution in [0.2, 0.25) is 0 Å². The molecule has 20 heavy (non-hydrogen) atoms. The van der Waals surface area contributed by atoms with Gasteiger partial charge in [-0.3, -0.25) is 4.79 Å². The molecule has 1 aliphatic carbocycles. The second-order valence-electron chi connectivity index (χ2n) is 5.62. The van der Waals surface area contributed by atoms with Crippen molar-refractivity contribution < 1.29 is 9.90 Å². The fourth-order valence-electron chi connectivity index (χ4n) is 2.51. The van der Waals surface area contributed by atoms with Crippen molar-refractivity contribution in [2.45, 2.75) is 38.6 Å². The van der Waals surface area contributed by atoms with Crippen LogP contribution in [-0.4, -0.2) is 41.2 Å². The molecule has 6 nitrogen and oxygen atoms in total. The van der Waals surface area contributed by atoms with Crippen molar-refractivity contribution in [3.8, 4) is 0 Å². The molecule has 1 saturated carbocycles. The summed E-state index contributed by atoms with van der Waals surface area (Å²) in [5.74, 6) is 0.640. The number of carbonyl (C=O) groups is 1. The predicted molar refractivity (Wildman–Crippen MR) is 78.1 cm³/mol. The molecule has 2 N–H and O–H groups in total. The number of aryl methyl sites for hydroxylation is 1. The van der Waals surface area contributed by atoms with E-state index in [4.69, 9.17) is 5.11 Å². The first-order valence-electron chi connectivity index (χ1n) is 6.98. The summed E-state index contributed by atoms with van der Waals surface area (Å²) < 4.78 is 0. The maximum Gasteiger partial charge on any atom is 0.306 e. The van der Waals surface area contributed by atoms with E-state index >= 15 is 0 Å². The number of aromatic nitrogens is 2. The number of nitrogens with zero attached hydrogens (tertiary/aromatic N) is 3. The monoisotopic (exact) mass is 278 g/mol. The van der Waals surface area contributed by atoms with E-state index in [0.717, 1.165) is 37.2 Å².